The topological polar surface area (TPSA) is 98.9 Å². The lowest BCUT2D eigenvalue weighted by molar-refractivity contribution is -0.123. The first-order chi connectivity index (χ1) is 16.0. The summed E-state index contributed by atoms with van der Waals surface area (Å²) >= 11 is 0.904. The van der Waals surface area contributed by atoms with Crippen LogP contribution in [0, 0.1) is 0 Å². The molecule has 3 aromatic rings. The van der Waals surface area contributed by atoms with Crippen LogP contribution in [0.1, 0.15) is 18.1 Å². The number of rotatable bonds is 8. The van der Waals surface area contributed by atoms with E-state index in [-0.39, 0.29) is 24.3 Å². The Morgan fingerprint density at radius 1 is 1.03 bits per heavy atom. The molecule has 0 bridgehead atoms. The van der Waals surface area contributed by atoms with Crippen molar-refractivity contribution in [3.05, 3.63) is 76.7 Å². The second-order valence-corrected chi connectivity index (χ2v) is 8.29. The molecule has 1 fully saturated rings. The molecule has 0 unspecified atom stereocenters. The summed E-state index contributed by atoms with van der Waals surface area (Å²) in [6.07, 6.45) is 1.65. The maximum atomic E-state index is 13.0. The normalized spacial score (nSPS) is 14.8. The predicted octanol–water partition coefficient (Wildman–Crippen LogP) is 4.34. The van der Waals surface area contributed by atoms with Gasteiger partial charge < -0.3 is 15.2 Å². The Morgan fingerprint density at radius 2 is 1.82 bits per heavy atom. The Labute approximate surface area is 195 Å². The Kier molecular flexibility index (Phi) is 6.65. The molecule has 33 heavy (non-hydrogen) atoms. The van der Waals surface area contributed by atoms with Crippen LogP contribution in [0.5, 0.6) is 11.5 Å². The van der Waals surface area contributed by atoms with Crippen molar-refractivity contribution in [2.24, 2.45) is 5.73 Å². The SMILES string of the molecule is CCOc1cc(/C=C2\SC(=O)N(Cc3cccc4ccccc34)C2=O)ccc1OCC(N)=O. The molecule has 1 aliphatic heterocycles. The van der Waals surface area contributed by atoms with Gasteiger partial charge in [0, 0.05) is 0 Å². The fourth-order valence-electron chi connectivity index (χ4n) is 3.54. The average molecular weight is 463 g/mol. The highest BCUT2D eigenvalue weighted by molar-refractivity contribution is 8.18. The predicted molar refractivity (Wildman–Crippen MR) is 128 cm³/mol. The van der Waals surface area contributed by atoms with Gasteiger partial charge in [0.05, 0.1) is 18.1 Å². The number of benzene rings is 3. The molecule has 4 rings (SSSR count). The van der Waals surface area contributed by atoms with E-state index in [4.69, 9.17) is 15.2 Å². The molecule has 1 heterocycles. The largest absolute Gasteiger partial charge is 0.490 e. The number of ether oxygens (including phenoxy) is 2. The highest BCUT2D eigenvalue weighted by Gasteiger charge is 2.35. The number of fused-ring (bicyclic) bond motifs is 1. The number of nitrogens with two attached hydrogens (primary N) is 1. The number of carbonyl (C=O) groups excluding carboxylic acids is 3. The van der Waals surface area contributed by atoms with E-state index in [1.807, 2.05) is 49.4 Å². The lowest BCUT2D eigenvalue weighted by Gasteiger charge is -2.14. The fourth-order valence-corrected chi connectivity index (χ4v) is 4.38. The number of nitrogens with zero attached hydrogens (tertiary/aromatic N) is 1. The van der Waals surface area contributed by atoms with Crippen molar-refractivity contribution in [1.29, 1.82) is 0 Å². The summed E-state index contributed by atoms with van der Waals surface area (Å²) in [6.45, 7) is 2.14. The molecule has 0 radical (unpaired) electrons. The highest BCUT2D eigenvalue weighted by Crippen LogP contribution is 2.36. The number of imide groups is 1. The van der Waals surface area contributed by atoms with Gasteiger partial charge in [-0.2, -0.15) is 0 Å². The molecule has 0 spiro atoms. The molecule has 0 atom stereocenters. The summed E-state index contributed by atoms with van der Waals surface area (Å²) in [5.74, 6) is -0.148. The van der Waals surface area contributed by atoms with Crippen molar-refractivity contribution in [3.63, 3.8) is 0 Å². The second-order valence-electron chi connectivity index (χ2n) is 7.30. The molecule has 8 heteroatoms. The summed E-state index contributed by atoms with van der Waals surface area (Å²) in [6, 6.07) is 18.8. The summed E-state index contributed by atoms with van der Waals surface area (Å²) in [5, 5.41) is 1.75. The van der Waals surface area contributed by atoms with Gasteiger partial charge in [0.15, 0.2) is 18.1 Å². The summed E-state index contributed by atoms with van der Waals surface area (Å²) in [4.78, 5) is 38.3. The van der Waals surface area contributed by atoms with Gasteiger partial charge in [-0.3, -0.25) is 19.3 Å². The smallest absolute Gasteiger partial charge is 0.293 e. The zero-order valence-electron chi connectivity index (χ0n) is 17.9. The van der Waals surface area contributed by atoms with Crippen LogP contribution in [-0.2, 0) is 16.1 Å². The van der Waals surface area contributed by atoms with Crippen LogP contribution >= 0.6 is 11.8 Å². The van der Waals surface area contributed by atoms with Crippen molar-refractivity contribution in [1.82, 2.24) is 4.90 Å². The van der Waals surface area contributed by atoms with Crippen LogP contribution in [0.25, 0.3) is 16.8 Å². The van der Waals surface area contributed by atoms with Gasteiger partial charge in [0.25, 0.3) is 17.1 Å². The lowest BCUT2D eigenvalue weighted by Crippen LogP contribution is -2.27. The van der Waals surface area contributed by atoms with E-state index in [0.717, 1.165) is 28.1 Å². The quantitative estimate of drug-likeness (QED) is 0.500. The van der Waals surface area contributed by atoms with Gasteiger partial charge in [-0.05, 0) is 58.8 Å². The first-order valence-electron chi connectivity index (χ1n) is 10.4. The lowest BCUT2D eigenvalue weighted by atomic mass is 10.0. The van der Waals surface area contributed by atoms with Crippen molar-refractivity contribution in [2.45, 2.75) is 13.5 Å². The minimum atomic E-state index is -0.596. The number of primary amides is 1. The molecule has 3 aromatic carbocycles. The third kappa shape index (κ3) is 5.01. The zero-order chi connectivity index (χ0) is 23.4. The van der Waals surface area contributed by atoms with E-state index >= 15 is 0 Å². The summed E-state index contributed by atoms with van der Waals surface area (Å²) in [7, 11) is 0. The molecule has 0 aromatic heterocycles. The number of hydrogen-bond acceptors (Lipinski definition) is 6. The summed E-state index contributed by atoms with van der Waals surface area (Å²) in [5.41, 5.74) is 6.71. The number of carbonyl (C=O) groups is 3. The van der Waals surface area contributed by atoms with E-state index in [9.17, 15) is 14.4 Å². The minimum Gasteiger partial charge on any atom is -0.490 e. The zero-order valence-corrected chi connectivity index (χ0v) is 18.8. The molecule has 1 saturated heterocycles. The van der Waals surface area contributed by atoms with Gasteiger partial charge in [-0.15, -0.1) is 0 Å². The molecular weight excluding hydrogens is 440 g/mol. The third-order valence-corrected chi connectivity index (χ3v) is 5.92. The molecule has 0 aliphatic carbocycles. The number of amides is 3. The van der Waals surface area contributed by atoms with Gasteiger partial charge in [0.1, 0.15) is 0 Å². The van der Waals surface area contributed by atoms with Gasteiger partial charge >= 0.3 is 0 Å². The van der Waals surface area contributed by atoms with Crippen LogP contribution in [0.15, 0.2) is 65.6 Å². The monoisotopic (exact) mass is 462 g/mol. The standard InChI is InChI=1S/C25H22N2O5S/c1-2-31-21-12-16(10-11-20(21)32-15-23(26)28)13-22-24(29)27(25(30)33-22)14-18-8-5-7-17-6-3-4-9-19(17)18/h3-13H,2,14-15H2,1H3,(H2,26,28)/b22-13-. The van der Waals surface area contributed by atoms with Gasteiger partial charge in [0.2, 0.25) is 0 Å². The van der Waals surface area contributed by atoms with Crippen LogP contribution < -0.4 is 15.2 Å². The van der Waals surface area contributed by atoms with Crippen molar-refractivity contribution in [3.8, 4) is 11.5 Å². The molecule has 3 amide bonds. The van der Waals surface area contributed by atoms with E-state index in [1.54, 1.807) is 24.3 Å². The molecule has 7 nitrogen and oxygen atoms in total. The Hall–Kier alpha value is -3.78. The van der Waals surface area contributed by atoms with Crippen LogP contribution in [0.2, 0.25) is 0 Å². The van der Waals surface area contributed by atoms with Crippen molar-refractivity contribution < 1.29 is 23.9 Å². The minimum absolute atomic E-state index is 0.202. The van der Waals surface area contributed by atoms with Crippen LogP contribution in [0.4, 0.5) is 4.79 Å². The molecule has 2 N–H and O–H groups in total. The highest BCUT2D eigenvalue weighted by atomic mass is 32.2. The van der Waals surface area contributed by atoms with E-state index < -0.39 is 5.91 Å². The maximum Gasteiger partial charge on any atom is 0.293 e. The number of hydrogen-bond donors (Lipinski definition) is 1. The molecule has 168 valence electrons. The maximum absolute atomic E-state index is 13.0. The van der Waals surface area contributed by atoms with E-state index in [1.165, 1.54) is 4.90 Å². The van der Waals surface area contributed by atoms with Crippen LogP contribution in [-0.4, -0.2) is 35.2 Å². The van der Waals surface area contributed by atoms with E-state index in [2.05, 4.69) is 0 Å². The first-order valence-corrected chi connectivity index (χ1v) is 11.2. The Balaban J connectivity index is 1.57. The van der Waals surface area contributed by atoms with Crippen molar-refractivity contribution in [2.75, 3.05) is 13.2 Å². The molecular formula is C25H22N2O5S. The second kappa shape index (κ2) is 9.79. The molecule has 0 saturated carbocycles. The van der Waals surface area contributed by atoms with Gasteiger partial charge in [-0.1, -0.05) is 48.5 Å². The van der Waals surface area contributed by atoms with Crippen LogP contribution in [0.3, 0.4) is 0 Å². The first kappa shape index (κ1) is 22.4. The van der Waals surface area contributed by atoms with E-state index in [0.29, 0.717) is 28.6 Å². The average Bonchev–Trinajstić information content (AvgIpc) is 3.06. The van der Waals surface area contributed by atoms with Gasteiger partial charge in [-0.25, -0.2) is 0 Å². The Morgan fingerprint density at radius 3 is 2.61 bits per heavy atom. The third-order valence-electron chi connectivity index (χ3n) is 5.02. The molecule has 1 aliphatic rings. The Bertz CT molecular complexity index is 1270. The fraction of sp³-hybridized carbons (Fsp3) is 0.160. The number of thioether (sulfide) groups is 1. The van der Waals surface area contributed by atoms with Crippen molar-refractivity contribution >= 4 is 45.7 Å². The summed E-state index contributed by atoms with van der Waals surface area (Å²) < 4.78 is 11.0.